The van der Waals surface area contributed by atoms with Gasteiger partial charge in [-0.15, -0.1) is 0 Å². The maximum absolute atomic E-state index is 12.7. The highest BCUT2D eigenvalue weighted by Gasteiger charge is 2.31. The van der Waals surface area contributed by atoms with Crippen molar-refractivity contribution >= 4 is 17.5 Å². The zero-order valence-corrected chi connectivity index (χ0v) is 14.1. The van der Waals surface area contributed by atoms with Crippen LogP contribution in [0.2, 0.25) is 0 Å². The maximum Gasteiger partial charge on any atom is 0.264 e. The number of hydrogen-bond acceptors (Lipinski definition) is 5. The number of anilines is 1. The first kappa shape index (κ1) is 16.4. The molecule has 26 heavy (non-hydrogen) atoms. The van der Waals surface area contributed by atoms with E-state index in [9.17, 15) is 14.7 Å². The van der Waals surface area contributed by atoms with Crippen molar-refractivity contribution in [3.05, 3.63) is 53.6 Å². The summed E-state index contributed by atoms with van der Waals surface area (Å²) >= 11 is 0. The fourth-order valence-electron chi connectivity index (χ4n) is 3.16. The molecule has 7 heteroatoms. The standard InChI is InChI=1S/C19H18N2O5/c1-21-13-8-11(6-7-16(13)26-10-17(21)23)19(24)20-18-12-4-2-3-5-15(12)25-9-14(18)22/h2-8,14,18,22H,9-10H2,1H3,(H,20,24)/t14-,18+/m1/s1. The van der Waals surface area contributed by atoms with Gasteiger partial charge in [0.15, 0.2) is 6.61 Å². The highest BCUT2D eigenvalue weighted by Crippen LogP contribution is 2.34. The van der Waals surface area contributed by atoms with Gasteiger partial charge in [0.25, 0.3) is 11.8 Å². The summed E-state index contributed by atoms with van der Waals surface area (Å²) in [5.74, 6) is 0.677. The molecule has 2 N–H and O–H groups in total. The molecule has 0 spiro atoms. The number of rotatable bonds is 2. The molecule has 2 atom stereocenters. The quantitative estimate of drug-likeness (QED) is 0.848. The summed E-state index contributed by atoms with van der Waals surface area (Å²) in [6.07, 6.45) is -0.848. The Labute approximate surface area is 150 Å². The number of hydrogen-bond donors (Lipinski definition) is 2. The van der Waals surface area contributed by atoms with Crippen molar-refractivity contribution in [2.45, 2.75) is 12.1 Å². The monoisotopic (exact) mass is 354 g/mol. The van der Waals surface area contributed by atoms with Gasteiger partial charge in [-0.25, -0.2) is 0 Å². The molecule has 2 aliphatic heterocycles. The van der Waals surface area contributed by atoms with Crippen molar-refractivity contribution in [1.82, 2.24) is 5.32 Å². The van der Waals surface area contributed by atoms with Crippen LogP contribution in [-0.4, -0.2) is 43.3 Å². The van der Waals surface area contributed by atoms with Gasteiger partial charge < -0.3 is 24.8 Å². The lowest BCUT2D eigenvalue weighted by atomic mass is 9.97. The largest absolute Gasteiger partial charge is 0.490 e. The first-order valence-electron chi connectivity index (χ1n) is 8.28. The molecule has 2 heterocycles. The minimum absolute atomic E-state index is 0.0138. The highest BCUT2D eigenvalue weighted by molar-refractivity contribution is 6.01. The smallest absolute Gasteiger partial charge is 0.264 e. The molecule has 2 aromatic carbocycles. The molecule has 2 amide bonds. The average molecular weight is 354 g/mol. The van der Waals surface area contributed by atoms with E-state index in [1.165, 1.54) is 4.90 Å². The number of aliphatic hydroxyl groups is 1. The van der Waals surface area contributed by atoms with Crippen LogP contribution in [-0.2, 0) is 4.79 Å². The van der Waals surface area contributed by atoms with E-state index in [4.69, 9.17) is 9.47 Å². The fraction of sp³-hybridized carbons (Fsp3) is 0.263. The number of amides is 2. The molecule has 0 saturated carbocycles. The molecule has 4 rings (SSSR count). The van der Waals surface area contributed by atoms with Crippen LogP contribution in [0.1, 0.15) is 22.0 Å². The number of aliphatic hydroxyl groups excluding tert-OH is 1. The minimum atomic E-state index is -0.848. The third-order valence-corrected chi connectivity index (χ3v) is 4.64. The topological polar surface area (TPSA) is 88.1 Å². The van der Waals surface area contributed by atoms with Crippen molar-refractivity contribution in [3.63, 3.8) is 0 Å². The predicted octanol–water partition coefficient (Wildman–Crippen LogP) is 1.27. The Morgan fingerprint density at radius 3 is 2.85 bits per heavy atom. The van der Waals surface area contributed by atoms with Gasteiger partial charge in [-0.05, 0) is 24.3 Å². The number of para-hydroxylation sites is 1. The van der Waals surface area contributed by atoms with Gasteiger partial charge >= 0.3 is 0 Å². The van der Waals surface area contributed by atoms with E-state index in [2.05, 4.69) is 5.32 Å². The Morgan fingerprint density at radius 1 is 1.19 bits per heavy atom. The molecule has 0 unspecified atom stereocenters. The summed E-state index contributed by atoms with van der Waals surface area (Å²) in [7, 11) is 1.64. The second-order valence-corrected chi connectivity index (χ2v) is 6.29. The number of carbonyl (C=O) groups is 2. The van der Waals surface area contributed by atoms with Crippen LogP contribution in [0, 0.1) is 0 Å². The van der Waals surface area contributed by atoms with E-state index in [1.807, 2.05) is 18.2 Å². The summed E-state index contributed by atoms with van der Waals surface area (Å²) in [5.41, 5.74) is 1.65. The van der Waals surface area contributed by atoms with Crippen LogP contribution < -0.4 is 19.7 Å². The van der Waals surface area contributed by atoms with Crippen LogP contribution in [0.15, 0.2) is 42.5 Å². The second-order valence-electron chi connectivity index (χ2n) is 6.29. The Balaban J connectivity index is 1.60. The van der Waals surface area contributed by atoms with Gasteiger partial charge in [0.2, 0.25) is 0 Å². The lowest BCUT2D eigenvalue weighted by Crippen LogP contribution is -2.42. The molecule has 2 aromatic rings. The molecule has 0 radical (unpaired) electrons. The van der Waals surface area contributed by atoms with Gasteiger partial charge in [0, 0.05) is 18.2 Å². The predicted molar refractivity (Wildman–Crippen MR) is 93.5 cm³/mol. The first-order valence-corrected chi connectivity index (χ1v) is 8.28. The molecule has 0 aromatic heterocycles. The molecule has 0 bridgehead atoms. The van der Waals surface area contributed by atoms with Gasteiger partial charge in [-0.3, -0.25) is 9.59 Å². The fourth-order valence-corrected chi connectivity index (χ4v) is 3.16. The van der Waals surface area contributed by atoms with E-state index in [0.29, 0.717) is 22.7 Å². The lowest BCUT2D eigenvalue weighted by Gasteiger charge is -2.31. The first-order chi connectivity index (χ1) is 12.5. The zero-order valence-electron chi connectivity index (χ0n) is 14.1. The minimum Gasteiger partial charge on any atom is -0.490 e. The zero-order chi connectivity index (χ0) is 18.3. The van der Waals surface area contributed by atoms with Crippen molar-refractivity contribution in [3.8, 4) is 11.5 Å². The average Bonchev–Trinajstić information content (AvgIpc) is 2.67. The van der Waals surface area contributed by atoms with Crippen LogP contribution >= 0.6 is 0 Å². The van der Waals surface area contributed by atoms with Gasteiger partial charge in [-0.2, -0.15) is 0 Å². The number of benzene rings is 2. The van der Waals surface area contributed by atoms with Gasteiger partial charge in [0.05, 0.1) is 11.7 Å². The molecule has 7 nitrogen and oxygen atoms in total. The second kappa shape index (κ2) is 6.34. The number of ether oxygens (including phenoxy) is 2. The molecule has 2 aliphatic rings. The summed E-state index contributed by atoms with van der Waals surface area (Å²) < 4.78 is 10.9. The van der Waals surface area contributed by atoms with Gasteiger partial charge in [0.1, 0.15) is 24.2 Å². The molecule has 0 aliphatic carbocycles. The summed E-state index contributed by atoms with van der Waals surface area (Å²) in [4.78, 5) is 26.0. The van der Waals surface area contributed by atoms with E-state index in [-0.39, 0.29) is 25.0 Å². The third kappa shape index (κ3) is 2.76. The molecule has 0 saturated heterocycles. The van der Waals surface area contributed by atoms with Crippen LogP contribution in [0.4, 0.5) is 5.69 Å². The number of nitrogens with one attached hydrogen (secondary N) is 1. The van der Waals surface area contributed by atoms with Crippen molar-refractivity contribution in [2.75, 3.05) is 25.2 Å². The van der Waals surface area contributed by atoms with E-state index >= 15 is 0 Å². The Kier molecular flexibility index (Phi) is 4.00. The van der Waals surface area contributed by atoms with Crippen molar-refractivity contribution in [1.29, 1.82) is 0 Å². The third-order valence-electron chi connectivity index (χ3n) is 4.64. The summed E-state index contributed by atoms with van der Waals surface area (Å²) in [5, 5.41) is 13.1. The summed E-state index contributed by atoms with van der Waals surface area (Å²) in [6.45, 7) is 0.0946. The van der Waals surface area contributed by atoms with E-state index < -0.39 is 12.1 Å². The van der Waals surface area contributed by atoms with Crippen LogP contribution in [0.25, 0.3) is 0 Å². The molecule has 134 valence electrons. The van der Waals surface area contributed by atoms with Crippen LogP contribution in [0.3, 0.4) is 0 Å². The Morgan fingerprint density at radius 2 is 2.00 bits per heavy atom. The number of carbonyl (C=O) groups excluding carboxylic acids is 2. The van der Waals surface area contributed by atoms with Crippen molar-refractivity contribution in [2.24, 2.45) is 0 Å². The lowest BCUT2D eigenvalue weighted by molar-refractivity contribution is -0.120. The molecular formula is C19H18N2O5. The normalized spacial score (nSPS) is 21.2. The molecular weight excluding hydrogens is 336 g/mol. The highest BCUT2D eigenvalue weighted by atomic mass is 16.5. The number of likely N-dealkylation sites (N-methyl/N-ethyl adjacent to an activating group) is 1. The SMILES string of the molecule is CN1C(=O)COc2ccc(C(=O)N[C@H]3c4ccccc4OC[C@H]3O)cc21. The Hall–Kier alpha value is -3.06. The number of fused-ring (bicyclic) bond motifs is 2. The van der Waals surface area contributed by atoms with E-state index in [1.54, 1.807) is 31.3 Å². The summed E-state index contributed by atoms with van der Waals surface area (Å²) in [6, 6.07) is 11.6. The van der Waals surface area contributed by atoms with Crippen LogP contribution in [0.5, 0.6) is 11.5 Å². The molecule has 0 fully saturated rings. The maximum atomic E-state index is 12.7. The van der Waals surface area contributed by atoms with E-state index in [0.717, 1.165) is 5.56 Å². The van der Waals surface area contributed by atoms with Crippen molar-refractivity contribution < 1.29 is 24.2 Å². The number of nitrogens with zero attached hydrogens (tertiary/aromatic N) is 1. The van der Waals surface area contributed by atoms with Gasteiger partial charge in [-0.1, -0.05) is 18.2 Å². The Bertz CT molecular complexity index is 882.